The SMILES string of the molecule is CN(C)C(C)(C)c1ccccc1B(O)O. The van der Waals surface area contributed by atoms with E-state index in [9.17, 15) is 10.0 Å². The summed E-state index contributed by atoms with van der Waals surface area (Å²) in [7, 11) is 2.53. The molecule has 0 amide bonds. The van der Waals surface area contributed by atoms with Crippen molar-refractivity contribution in [1.29, 1.82) is 0 Å². The Bertz CT molecular complexity index is 337. The normalized spacial score (nSPS) is 11.9. The molecule has 0 saturated carbocycles. The molecular weight excluding hydrogens is 189 g/mol. The Labute approximate surface area is 91.5 Å². The number of benzene rings is 1. The fourth-order valence-electron chi connectivity index (χ4n) is 1.52. The van der Waals surface area contributed by atoms with Crippen molar-refractivity contribution in [2.24, 2.45) is 0 Å². The maximum Gasteiger partial charge on any atom is 0.488 e. The van der Waals surface area contributed by atoms with Gasteiger partial charge in [0.25, 0.3) is 0 Å². The summed E-state index contributed by atoms with van der Waals surface area (Å²) >= 11 is 0. The first-order chi connectivity index (χ1) is 6.87. The minimum Gasteiger partial charge on any atom is -0.423 e. The van der Waals surface area contributed by atoms with Gasteiger partial charge in [0.1, 0.15) is 0 Å². The van der Waals surface area contributed by atoms with E-state index in [-0.39, 0.29) is 5.54 Å². The third-order valence-corrected chi connectivity index (χ3v) is 3.02. The van der Waals surface area contributed by atoms with Crippen LogP contribution in [-0.4, -0.2) is 36.2 Å². The van der Waals surface area contributed by atoms with Gasteiger partial charge in [-0.05, 0) is 39.0 Å². The predicted molar refractivity (Wildman–Crippen MR) is 63.0 cm³/mol. The van der Waals surface area contributed by atoms with E-state index in [1.807, 2.05) is 51.0 Å². The van der Waals surface area contributed by atoms with Crippen molar-refractivity contribution in [2.75, 3.05) is 14.1 Å². The standard InChI is InChI=1S/C11H18BNO2/c1-11(2,13(3)4)9-7-5-6-8-10(9)12(14)15/h5-8,14-15H,1-4H3. The molecule has 0 aliphatic rings. The Morgan fingerprint density at radius 2 is 1.67 bits per heavy atom. The van der Waals surface area contributed by atoms with Crippen LogP contribution in [0.2, 0.25) is 0 Å². The average molecular weight is 207 g/mol. The summed E-state index contributed by atoms with van der Waals surface area (Å²) in [6.45, 7) is 4.10. The van der Waals surface area contributed by atoms with E-state index in [2.05, 4.69) is 0 Å². The Morgan fingerprint density at radius 3 is 2.13 bits per heavy atom. The molecule has 0 radical (unpaired) electrons. The van der Waals surface area contributed by atoms with E-state index < -0.39 is 7.12 Å². The third-order valence-electron chi connectivity index (χ3n) is 3.02. The second-order valence-electron chi connectivity index (χ2n) is 4.41. The highest BCUT2D eigenvalue weighted by Crippen LogP contribution is 2.23. The van der Waals surface area contributed by atoms with E-state index in [0.717, 1.165) is 5.56 Å². The van der Waals surface area contributed by atoms with Crippen LogP contribution in [0.15, 0.2) is 24.3 Å². The summed E-state index contributed by atoms with van der Waals surface area (Å²) in [5.41, 5.74) is 1.28. The Hall–Kier alpha value is -0.835. The fourth-order valence-corrected chi connectivity index (χ4v) is 1.52. The van der Waals surface area contributed by atoms with Gasteiger partial charge in [-0.15, -0.1) is 0 Å². The maximum atomic E-state index is 9.29. The summed E-state index contributed by atoms with van der Waals surface area (Å²) in [6, 6.07) is 7.39. The van der Waals surface area contributed by atoms with E-state index in [4.69, 9.17) is 0 Å². The van der Waals surface area contributed by atoms with Gasteiger partial charge in [0.05, 0.1) is 0 Å². The molecule has 0 heterocycles. The number of hydrogen-bond acceptors (Lipinski definition) is 3. The van der Waals surface area contributed by atoms with Gasteiger partial charge in [0, 0.05) is 5.54 Å². The Kier molecular flexibility index (Phi) is 3.55. The second-order valence-corrected chi connectivity index (χ2v) is 4.41. The molecule has 0 saturated heterocycles. The van der Waals surface area contributed by atoms with E-state index in [1.165, 1.54) is 0 Å². The maximum absolute atomic E-state index is 9.29. The van der Waals surface area contributed by atoms with Crippen LogP contribution in [0.5, 0.6) is 0 Å². The molecule has 4 heteroatoms. The lowest BCUT2D eigenvalue weighted by Gasteiger charge is -2.34. The first-order valence-electron chi connectivity index (χ1n) is 5.00. The lowest BCUT2D eigenvalue weighted by atomic mass is 9.72. The Morgan fingerprint density at radius 1 is 1.13 bits per heavy atom. The molecule has 0 spiro atoms. The van der Waals surface area contributed by atoms with Crippen LogP contribution in [0.4, 0.5) is 0 Å². The van der Waals surface area contributed by atoms with E-state index in [0.29, 0.717) is 5.46 Å². The lowest BCUT2D eigenvalue weighted by molar-refractivity contribution is 0.198. The Balaban J connectivity index is 3.24. The van der Waals surface area contributed by atoms with Gasteiger partial charge in [0.2, 0.25) is 0 Å². The molecule has 0 fully saturated rings. The van der Waals surface area contributed by atoms with Gasteiger partial charge in [-0.25, -0.2) is 0 Å². The number of rotatable bonds is 3. The third kappa shape index (κ3) is 2.40. The van der Waals surface area contributed by atoms with Crippen molar-refractivity contribution in [3.63, 3.8) is 0 Å². The smallest absolute Gasteiger partial charge is 0.423 e. The van der Waals surface area contributed by atoms with Crippen molar-refractivity contribution in [3.8, 4) is 0 Å². The zero-order valence-corrected chi connectivity index (χ0v) is 9.73. The highest BCUT2D eigenvalue weighted by Gasteiger charge is 2.28. The average Bonchev–Trinajstić information content (AvgIpc) is 2.17. The van der Waals surface area contributed by atoms with Crippen LogP contribution in [0, 0.1) is 0 Å². The molecule has 0 bridgehead atoms. The van der Waals surface area contributed by atoms with Gasteiger partial charge in [-0.3, -0.25) is 0 Å². The van der Waals surface area contributed by atoms with Crippen molar-refractivity contribution >= 4 is 12.6 Å². The largest absolute Gasteiger partial charge is 0.488 e. The molecule has 0 aromatic heterocycles. The van der Waals surface area contributed by atoms with Crippen molar-refractivity contribution in [1.82, 2.24) is 4.90 Å². The summed E-state index contributed by atoms with van der Waals surface area (Å²) in [5, 5.41) is 18.6. The lowest BCUT2D eigenvalue weighted by Crippen LogP contribution is -2.44. The van der Waals surface area contributed by atoms with Gasteiger partial charge < -0.3 is 14.9 Å². The van der Waals surface area contributed by atoms with E-state index in [1.54, 1.807) is 6.07 Å². The molecule has 1 rings (SSSR count). The van der Waals surface area contributed by atoms with Crippen LogP contribution in [0.3, 0.4) is 0 Å². The minimum absolute atomic E-state index is 0.222. The summed E-state index contributed by atoms with van der Waals surface area (Å²) < 4.78 is 0. The first kappa shape index (κ1) is 12.2. The van der Waals surface area contributed by atoms with Crippen molar-refractivity contribution in [3.05, 3.63) is 29.8 Å². The van der Waals surface area contributed by atoms with Gasteiger partial charge in [-0.2, -0.15) is 0 Å². The molecule has 2 N–H and O–H groups in total. The molecular formula is C11H18BNO2. The predicted octanol–water partition coefficient (Wildman–Crippen LogP) is 0.163. The molecule has 0 atom stereocenters. The monoisotopic (exact) mass is 207 g/mol. The van der Waals surface area contributed by atoms with Crippen molar-refractivity contribution in [2.45, 2.75) is 19.4 Å². The molecule has 0 unspecified atom stereocenters. The summed E-state index contributed by atoms with van der Waals surface area (Å²) in [6.07, 6.45) is 0. The molecule has 0 aliphatic carbocycles. The number of nitrogens with zero attached hydrogens (tertiary/aromatic N) is 1. The first-order valence-corrected chi connectivity index (χ1v) is 5.00. The summed E-state index contributed by atoms with van der Waals surface area (Å²) in [4.78, 5) is 2.05. The molecule has 15 heavy (non-hydrogen) atoms. The fraction of sp³-hybridized carbons (Fsp3) is 0.455. The zero-order chi connectivity index (χ0) is 11.6. The van der Waals surface area contributed by atoms with Crippen molar-refractivity contribution < 1.29 is 10.0 Å². The molecule has 3 nitrogen and oxygen atoms in total. The van der Waals surface area contributed by atoms with Crippen LogP contribution >= 0.6 is 0 Å². The van der Waals surface area contributed by atoms with Crippen LogP contribution < -0.4 is 5.46 Å². The molecule has 0 aliphatic heterocycles. The number of hydrogen-bond donors (Lipinski definition) is 2. The zero-order valence-electron chi connectivity index (χ0n) is 9.73. The second kappa shape index (κ2) is 4.35. The van der Waals surface area contributed by atoms with Gasteiger partial charge in [-0.1, -0.05) is 24.3 Å². The molecule has 1 aromatic rings. The van der Waals surface area contributed by atoms with Crippen LogP contribution in [0.1, 0.15) is 19.4 Å². The van der Waals surface area contributed by atoms with Crippen LogP contribution in [0.25, 0.3) is 0 Å². The molecule has 82 valence electrons. The quantitative estimate of drug-likeness (QED) is 0.694. The highest BCUT2D eigenvalue weighted by atomic mass is 16.4. The van der Waals surface area contributed by atoms with Gasteiger partial charge >= 0.3 is 7.12 Å². The minimum atomic E-state index is -1.42. The molecule has 1 aromatic carbocycles. The van der Waals surface area contributed by atoms with Crippen LogP contribution in [-0.2, 0) is 5.54 Å². The topological polar surface area (TPSA) is 43.7 Å². The van der Waals surface area contributed by atoms with E-state index >= 15 is 0 Å². The highest BCUT2D eigenvalue weighted by molar-refractivity contribution is 6.59. The summed E-state index contributed by atoms with van der Waals surface area (Å²) in [5.74, 6) is 0. The van der Waals surface area contributed by atoms with Gasteiger partial charge in [0.15, 0.2) is 0 Å².